The second-order valence-corrected chi connectivity index (χ2v) is 5.07. The lowest BCUT2D eigenvalue weighted by atomic mass is 9.85. The molecular formula is C17H22N6. The number of hydrogen-bond acceptors (Lipinski definition) is 3. The molecule has 6 nitrogen and oxygen atoms in total. The van der Waals surface area contributed by atoms with E-state index < -0.39 is 0 Å². The fraction of sp³-hybridized carbons (Fsp3) is 0.176. The Hall–Kier alpha value is -2.86. The molecule has 2 aromatic carbocycles. The number of fused-ring (bicyclic) bond motifs is 2. The molecule has 0 saturated heterocycles. The van der Waals surface area contributed by atoms with Crippen LogP contribution in [0.15, 0.2) is 46.4 Å². The average molecular weight is 310 g/mol. The zero-order valence-electron chi connectivity index (χ0n) is 13.2. The predicted octanol–water partition coefficient (Wildman–Crippen LogP) is 1.28. The van der Waals surface area contributed by atoms with Crippen LogP contribution in [0, 0.1) is 0 Å². The van der Waals surface area contributed by atoms with Crippen molar-refractivity contribution in [1.29, 1.82) is 0 Å². The van der Waals surface area contributed by atoms with Crippen LogP contribution in [0.25, 0.3) is 0 Å². The lowest BCUT2D eigenvalue weighted by molar-refractivity contribution is 1.00. The van der Waals surface area contributed by atoms with Crippen LogP contribution in [0.2, 0.25) is 0 Å². The zero-order chi connectivity index (χ0) is 16.8. The van der Waals surface area contributed by atoms with Gasteiger partial charge in [0.15, 0.2) is 5.96 Å². The summed E-state index contributed by atoms with van der Waals surface area (Å²) < 4.78 is 0. The lowest BCUT2D eigenvalue weighted by Crippen LogP contribution is -2.21. The minimum Gasteiger partial charge on any atom is -0.390 e. The first-order valence-corrected chi connectivity index (χ1v) is 7.31. The Morgan fingerprint density at radius 2 is 1.39 bits per heavy atom. The Morgan fingerprint density at radius 1 is 0.870 bits per heavy atom. The van der Waals surface area contributed by atoms with Gasteiger partial charge in [0.2, 0.25) is 0 Å². The first-order valence-electron chi connectivity index (χ1n) is 7.31. The SMILES string of the molecule is CN.NC=Nc1ccc2c(c1)Cc1ccc(N=C(N)N)cc1C2. The van der Waals surface area contributed by atoms with E-state index in [0.717, 1.165) is 24.2 Å². The van der Waals surface area contributed by atoms with Crippen LogP contribution in [0.3, 0.4) is 0 Å². The van der Waals surface area contributed by atoms with E-state index in [1.807, 2.05) is 18.2 Å². The van der Waals surface area contributed by atoms with Crippen molar-refractivity contribution in [3.63, 3.8) is 0 Å². The molecule has 0 fully saturated rings. The molecule has 8 N–H and O–H groups in total. The maximum absolute atomic E-state index is 5.43. The lowest BCUT2D eigenvalue weighted by Gasteiger charge is -2.20. The van der Waals surface area contributed by atoms with E-state index in [1.54, 1.807) is 0 Å². The van der Waals surface area contributed by atoms with Gasteiger partial charge in [-0.3, -0.25) is 0 Å². The van der Waals surface area contributed by atoms with Crippen molar-refractivity contribution < 1.29 is 0 Å². The Balaban J connectivity index is 0.000000924. The van der Waals surface area contributed by atoms with Crippen LogP contribution in [0.5, 0.6) is 0 Å². The van der Waals surface area contributed by atoms with Crippen LogP contribution >= 0.6 is 0 Å². The van der Waals surface area contributed by atoms with E-state index >= 15 is 0 Å². The van der Waals surface area contributed by atoms with Gasteiger partial charge in [0.05, 0.1) is 17.7 Å². The van der Waals surface area contributed by atoms with Gasteiger partial charge in [-0.2, -0.15) is 0 Å². The van der Waals surface area contributed by atoms with Crippen molar-refractivity contribution in [3.05, 3.63) is 58.7 Å². The summed E-state index contributed by atoms with van der Waals surface area (Å²) in [5.74, 6) is 0.0791. The molecule has 3 rings (SSSR count). The Bertz CT molecular complexity index is 745. The quantitative estimate of drug-likeness (QED) is 0.419. The van der Waals surface area contributed by atoms with Crippen LogP contribution in [0.4, 0.5) is 11.4 Å². The molecule has 0 spiro atoms. The summed E-state index contributed by atoms with van der Waals surface area (Å²) in [5.41, 5.74) is 27.5. The summed E-state index contributed by atoms with van der Waals surface area (Å²) in [6.07, 6.45) is 3.09. The minimum absolute atomic E-state index is 0.0791. The van der Waals surface area contributed by atoms with Gasteiger partial charge in [-0.15, -0.1) is 0 Å². The maximum Gasteiger partial charge on any atom is 0.191 e. The van der Waals surface area contributed by atoms with E-state index in [-0.39, 0.29) is 5.96 Å². The van der Waals surface area contributed by atoms with Crippen molar-refractivity contribution in [2.75, 3.05) is 7.05 Å². The van der Waals surface area contributed by atoms with E-state index in [4.69, 9.17) is 17.2 Å². The number of nitrogens with two attached hydrogens (primary N) is 4. The maximum atomic E-state index is 5.43. The molecule has 1 aliphatic rings. The molecule has 0 saturated carbocycles. The van der Waals surface area contributed by atoms with E-state index in [1.165, 1.54) is 35.6 Å². The molecule has 0 amide bonds. The molecule has 1 aliphatic carbocycles. The van der Waals surface area contributed by atoms with E-state index in [9.17, 15) is 0 Å². The third kappa shape index (κ3) is 3.87. The van der Waals surface area contributed by atoms with Gasteiger partial charge in [-0.05, 0) is 66.4 Å². The predicted molar refractivity (Wildman–Crippen MR) is 96.4 cm³/mol. The van der Waals surface area contributed by atoms with Gasteiger partial charge >= 0.3 is 0 Å². The molecule has 0 aliphatic heterocycles. The Kier molecular flexibility index (Phi) is 5.32. The smallest absolute Gasteiger partial charge is 0.191 e. The molecule has 0 bridgehead atoms. The summed E-state index contributed by atoms with van der Waals surface area (Å²) >= 11 is 0. The fourth-order valence-electron chi connectivity index (χ4n) is 2.69. The summed E-state index contributed by atoms with van der Waals surface area (Å²) in [6, 6.07) is 12.2. The number of hydrogen-bond donors (Lipinski definition) is 4. The normalized spacial score (nSPS) is 11.9. The minimum atomic E-state index is 0.0791. The van der Waals surface area contributed by atoms with Crippen molar-refractivity contribution in [2.45, 2.75) is 12.8 Å². The number of aliphatic imine (C=N–C) groups is 2. The monoisotopic (exact) mass is 310 g/mol. The molecule has 2 aromatic rings. The van der Waals surface area contributed by atoms with Gasteiger partial charge < -0.3 is 22.9 Å². The average Bonchev–Trinajstić information content (AvgIpc) is 2.54. The molecule has 120 valence electrons. The highest BCUT2D eigenvalue weighted by Gasteiger charge is 2.15. The van der Waals surface area contributed by atoms with Crippen LogP contribution in [0.1, 0.15) is 22.3 Å². The molecular weight excluding hydrogens is 288 g/mol. The molecule has 0 unspecified atom stereocenters. The molecule has 0 radical (unpaired) electrons. The molecule has 0 atom stereocenters. The highest BCUT2D eigenvalue weighted by molar-refractivity contribution is 5.79. The van der Waals surface area contributed by atoms with Crippen LogP contribution in [-0.4, -0.2) is 19.3 Å². The number of benzene rings is 2. The third-order valence-electron chi connectivity index (χ3n) is 3.62. The first-order chi connectivity index (χ1) is 11.2. The molecule has 0 heterocycles. The zero-order valence-corrected chi connectivity index (χ0v) is 13.2. The highest BCUT2D eigenvalue weighted by atomic mass is 15.0. The Labute approximate surface area is 135 Å². The van der Waals surface area contributed by atoms with E-state index in [2.05, 4.69) is 33.9 Å². The fourth-order valence-corrected chi connectivity index (χ4v) is 2.69. The summed E-state index contributed by atoms with van der Waals surface area (Å²) in [4.78, 5) is 8.23. The van der Waals surface area contributed by atoms with Crippen LogP contribution < -0.4 is 22.9 Å². The summed E-state index contributed by atoms with van der Waals surface area (Å²) in [5, 5.41) is 0. The second-order valence-electron chi connectivity index (χ2n) is 5.07. The molecule has 6 heteroatoms. The summed E-state index contributed by atoms with van der Waals surface area (Å²) in [7, 11) is 1.50. The van der Waals surface area contributed by atoms with Gasteiger partial charge in [-0.25, -0.2) is 9.98 Å². The standard InChI is InChI=1S/C16H17N5.CH5N/c17-9-20-14-3-1-10-6-13-8-15(21-16(18)19)4-2-11(13)5-12(10)7-14;1-2/h1-4,7-9H,5-6H2,(H2,17,20)(H4,18,19,21);2H2,1H3. The second kappa shape index (κ2) is 7.42. The van der Waals surface area contributed by atoms with Crippen molar-refractivity contribution in [3.8, 4) is 0 Å². The van der Waals surface area contributed by atoms with Gasteiger partial charge in [0.25, 0.3) is 0 Å². The topological polar surface area (TPSA) is 129 Å². The molecule has 23 heavy (non-hydrogen) atoms. The third-order valence-corrected chi connectivity index (χ3v) is 3.62. The highest BCUT2D eigenvalue weighted by Crippen LogP contribution is 2.31. The Morgan fingerprint density at radius 3 is 1.91 bits per heavy atom. The van der Waals surface area contributed by atoms with Gasteiger partial charge in [-0.1, -0.05) is 12.1 Å². The van der Waals surface area contributed by atoms with E-state index in [0.29, 0.717) is 0 Å². The van der Waals surface area contributed by atoms with Gasteiger partial charge in [0, 0.05) is 0 Å². The number of guanidine groups is 1. The van der Waals surface area contributed by atoms with Crippen LogP contribution in [-0.2, 0) is 12.8 Å². The van der Waals surface area contributed by atoms with Gasteiger partial charge in [0.1, 0.15) is 0 Å². The van der Waals surface area contributed by atoms with Crippen molar-refractivity contribution in [2.24, 2.45) is 32.9 Å². The van der Waals surface area contributed by atoms with Crippen molar-refractivity contribution >= 4 is 23.7 Å². The molecule has 0 aromatic heterocycles. The number of rotatable bonds is 2. The first kappa shape index (κ1) is 16.5. The number of nitrogens with zero attached hydrogens (tertiary/aromatic N) is 2. The summed E-state index contributed by atoms with van der Waals surface area (Å²) in [6.45, 7) is 0. The largest absolute Gasteiger partial charge is 0.390 e. The van der Waals surface area contributed by atoms with Crippen molar-refractivity contribution in [1.82, 2.24) is 0 Å².